The third-order valence-electron chi connectivity index (χ3n) is 4.32. The van der Waals surface area contributed by atoms with E-state index in [4.69, 9.17) is 4.52 Å². The first-order valence-electron chi connectivity index (χ1n) is 9.17. The molecule has 0 amide bonds. The average Bonchev–Trinajstić information content (AvgIpc) is 3.02. The Labute approximate surface area is 159 Å². The molecule has 0 fully saturated rings. The lowest BCUT2D eigenvalue weighted by Crippen LogP contribution is -2.21. The summed E-state index contributed by atoms with van der Waals surface area (Å²) in [5.41, 5.74) is 4.20. The minimum Gasteiger partial charge on any atom is -0.372 e. The summed E-state index contributed by atoms with van der Waals surface area (Å²) in [7, 11) is 0. The largest absolute Gasteiger partial charge is 0.372 e. The minimum atomic E-state index is 0.538. The lowest BCUT2D eigenvalue weighted by Gasteiger charge is -2.22. The number of aryl methyl sites for hydroxylation is 3. The van der Waals surface area contributed by atoms with Gasteiger partial charge in [0, 0.05) is 42.3 Å². The summed E-state index contributed by atoms with van der Waals surface area (Å²) in [5.74, 6) is 2.56. The summed E-state index contributed by atoms with van der Waals surface area (Å²) in [6.07, 6.45) is 0. The number of rotatable bonds is 7. The topological polar surface area (TPSA) is 79.1 Å². The Morgan fingerprint density at radius 1 is 0.926 bits per heavy atom. The molecule has 0 aliphatic carbocycles. The second-order valence-electron chi connectivity index (χ2n) is 6.46. The predicted octanol–water partition coefficient (Wildman–Crippen LogP) is 4.72. The number of benzene rings is 1. The van der Waals surface area contributed by atoms with Gasteiger partial charge in [0.15, 0.2) is 5.82 Å². The normalized spacial score (nSPS) is 10.7. The van der Waals surface area contributed by atoms with Crippen molar-refractivity contribution in [3.05, 3.63) is 47.3 Å². The van der Waals surface area contributed by atoms with Crippen molar-refractivity contribution in [3.8, 4) is 0 Å². The van der Waals surface area contributed by atoms with E-state index in [1.807, 2.05) is 26.0 Å². The van der Waals surface area contributed by atoms with Crippen LogP contribution in [0.4, 0.5) is 29.0 Å². The second kappa shape index (κ2) is 8.07. The van der Waals surface area contributed by atoms with Gasteiger partial charge in [-0.2, -0.15) is 4.98 Å². The van der Waals surface area contributed by atoms with Crippen LogP contribution in [0.25, 0.3) is 0 Å². The molecule has 142 valence electrons. The van der Waals surface area contributed by atoms with E-state index < -0.39 is 0 Å². The zero-order valence-electron chi connectivity index (χ0n) is 16.5. The van der Waals surface area contributed by atoms with Gasteiger partial charge in [0.25, 0.3) is 0 Å². The van der Waals surface area contributed by atoms with Crippen LogP contribution in [0.5, 0.6) is 0 Å². The van der Waals surface area contributed by atoms with Crippen LogP contribution in [0, 0.1) is 20.8 Å². The van der Waals surface area contributed by atoms with Gasteiger partial charge in [-0.25, -0.2) is 4.98 Å². The smallest absolute Gasteiger partial charge is 0.229 e. The Kier molecular flexibility index (Phi) is 5.59. The Morgan fingerprint density at radius 3 is 2.33 bits per heavy atom. The van der Waals surface area contributed by atoms with Gasteiger partial charge in [-0.05, 0) is 58.4 Å². The molecule has 0 saturated carbocycles. The van der Waals surface area contributed by atoms with Crippen molar-refractivity contribution < 1.29 is 4.52 Å². The van der Waals surface area contributed by atoms with E-state index in [9.17, 15) is 0 Å². The summed E-state index contributed by atoms with van der Waals surface area (Å²) in [6, 6.07) is 10.1. The number of hydrogen-bond acceptors (Lipinski definition) is 7. The molecule has 2 N–H and O–H groups in total. The Balaban J connectivity index is 1.81. The van der Waals surface area contributed by atoms with Crippen molar-refractivity contribution in [1.29, 1.82) is 0 Å². The molecule has 27 heavy (non-hydrogen) atoms. The molecule has 0 unspecified atom stereocenters. The van der Waals surface area contributed by atoms with E-state index in [-0.39, 0.29) is 0 Å². The summed E-state index contributed by atoms with van der Waals surface area (Å²) in [4.78, 5) is 11.4. The van der Waals surface area contributed by atoms with E-state index >= 15 is 0 Å². The van der Waals surface area contributed by atoms with Gasteiger partial charge in [-0.1, -0.05) is 5.16 Å². The first-order chi connectivity index (χ1) is 13.0. The number of hydrogen-bond donors (Lipinski definition) is 2. The molecule has 0 radical (unpaired) electrons. The first kappa shape index (κ1) is 18.7. The van der Waals surface area contributed by atoms with Crippen molar-refractivity contribution in [3.63, 3.8) is 0 Å². The van der Waals surface area contributed by atoms with Crippen molar-refractivity contribution in [2.45, 2.75) is 34.6 Å². The molecule has 7 nitrogen and oxygen atoms in total. The lowest BCUT2D eigenvalue weighted by atomic mass is 10.1. The average molecular weight is 366 g/mol. The Bertz CT molecular complexity index is 917. The second-order valence-corrected chi connectivity index (χ2v) is 6.46. The van der Waals surface area contributed by atoms with Crippen LogP contribution < -0.4 is 15.5 Å². The number of aromatic nitrogens is 3. The highest BCUT2D eigenvalue weighted by Gasteiger charge is 2.09. The molecule has 0 atom stereocenters. The first-order valence-corrected chi connectivity index (χ1v) is 9.17. The van der Waals surface area contributed by atoms with Gasteiger partial charge in [0.2, 0.25) is 5.95 Å². The van der Waals surface area contributed by atoms with Crippen molar-refractivity contribution in [2.75, 3.05) is 28.6 Å². The van der Waals surface area contributed by atoms with Gasteiger partial charge in [-0.15, -0.1) is 0 Å². The Morgan fingerprint density at radius 2 is 1.70 bits per heavy atom. The van der Waals surface area contributed by atoms with Crippen LogP contribution in [0.1, 0.15) is 30.9 Å². The van der Waals surface area contributed by atoms with Gasteiger partial charge in [-0.3, -0.25) is 0 Å². The van der Waals surface area contributed by atoms with E-state index in [1.165, 1.54) is 5.69 Å². The van der Waals surface area contributed by atoms with E-state index in [1.54, 1.807) is 0 Å². The fourth-order valence-corrected chi connectivity index (χ4v) is 2.94. The summed E-state index contributed by atoms with van der Waals surface area (Å²) >= 11 is 0. The zero-order chi connectivity index (χ0) is 19.4. The van der Waals surface area contributed by atoms with E-state index in [0.717, 1.165) is 35.8 Å². The minimum absolute atomic E-state index is 0.538. The molecule has 7 heteroatoms. The molecule has 0 saturated heterocycles. The fourth-order valence-electron chi connectivity index (χ4n) is 2.94. The number of nitrogens with zero attached hydrogens (tertiary/aromatic N) is 4. The highest BCUT2D eigenvalue weighted by atomic mass is 16.5. The lowest BCUT2D eigenvalue weighted by molar-refractivity contribution is 0.400. The molecule has 0 spiro atoms. The maximum Gasteiger partial charge on any atom is 0.229 e. The summed E-state index contributed by atoms with van der Waals surface area (Å²) in [5, 5.41) is 10.4. The maximum absolute atomic E-state index is 5.08. The monoisotopic (exact) mass is 366 g/mol. The third kappa shape index (κ3) is 4.55. The fraction of sp³-hybridized carbons (Fsp3) is 0.350. The van der Waals surface area contributed by atoms with Gasteiger partial charge >= 0.3 is 0 Å². The Hall–Kier alpha value is -3.09. The van der Waals surface area contributed by atoms with E-state index in [2.05, 4.69) is 69.6 Å². The third-order valence-corrected chi connectivity index (χ3v) is 4.32. The molecule has 3 aromatic rings. The predicted molar refractivity (Wildman–Crippen MR) is 109 cm³/mol. The quantitative estimate of drug-likeness (QED) is 0.626. The molecule has 0 aliphatic heterocycles. The molecule has 3 rings (SSSR count). The van der Waals surface area contributed by atoms with E-state index in [0.29, 0.717) is 17.6 Å². The van der Waals surface area contributed by atoms with Crippen LogP contribution in [-0.4, -0.2) is 28.2 Å². The van der Waals surface area contributed by atoms with Crippen LogP contribution in [-0.2, 0) is 0 Å². The molecule has 0 bridgehead atoms. The summed E-state index contributed by atoms with van der Waals surface area (Å²) in [6.45, 7) is 12.2. The maximum atomic E-state index is 5.08. The van der Waals surface area contributed by atoms with Crippen LogP contribution in [0.3, 0.4) is 0 Å². The van der Waals surface area contributed by atoms with Crippen LogP contribution in [0.2, 0.25) is 0 Å². The molecular weight excluding hydrogens is 340 g/mol. The van der Waals surface area contributed by atoms with Crippen LogP contribution in [0.15, 0.2) is 34.9 Å². The number of anilines is 5. The van der Waals surface area contributed by atoms with Crippen molar-refractivity contribution >= 4 is 29.0 Å². The SMILES string of the molecule is CCN(CC)c1ccc(Nc2nc(C)cc(Nc3cc(C)on3)n2)c(C)c1. The number of nitrogens with one attached hydrogen (secondary N) is 2. The van der Waals surface area contributed by atoms with Gasteiger partial charge in [0.05, 0.1) is 0 Å². The van der Waals surface area contributed by atoms with Crippen molar-refractivity contribution in [1.82, 2.24) is 15.1 Å². The van der Waals surface area contributed by atoms with Crippen LogP contribution >= 0.6 is 0 Å². The highest BCUT2D eigenvalue weighted by Crippen LogP contribution is 2.25. The summed E-state index contributed by atoms with van der Waals surface area (Å²) < 4.78 is 5.08. The molecule has 2 heterocycles. The van der Waals surface area contributed by atoms with Crippen molar-refractivity contribution in [2.24, 2.45) is 0 Å². The van der Waals surface area contributed by atoms with Gasteiger partial charge in [0.1, 0.15) is 11.6 Å². The molecule has 2 aromatic heterocycles. The highest BCUT2D eigenvalue weighted by molar-refractivity contribution is 5.65. The standard InChI is InChI=1S/C20H26N6O/c1-6-26(7-2)16-8-9-17(13(3)10-16)22-20-21-14(4)11-18(24-20)23-19-12-15(5)27-25-19/h8-12H,6-7H2,1-5H3,(H2,21,22,23,24,25). The zero-order valence-corrected chi connectivity index (χ0v) is 16.5. The van der Waals surface area contributed by atoms with Gasteiger partial charge < -0.3 is 20.1 Å². The molecule has 0 aliphatic rings. The molecular formula is C20H26N6O. The molecule has 1 aromatic carbocycles.